The zero-order chi connectivity index (χ0) is 12.3. The number of methoxy groups -OCH3 is 2. The third-order valence-electron chi connectivity index (χ3n) is 2.99. The van der Waals surface area contributed by atoms with Gasteiger partial charge in [-0.25, -0.2) is 0 Å². The van der Waals surface area contributed by atoms with E-state index >= 15 is 0 Å². The second kappa shape index (κ2) is 9.79. The smallest absolute Gasteiger partial charge is 0.0712 e. The third-order valence-corrected chi connectivity index (χ3v) is 2.99. The number of rotatable bonds is 9. The quantitative estimate of drug-likeness (QED) is 0.618. The first-order valence-electron chi connectivity index (χ1n) is 6.39. The summed E-state index contributed by atoms with van der Waals surface area (Å²) in [6.07, 6.45) is 1.43. The van der Waals surface area contributed by atoms with Crippen molar-refractivity contribution in [3.63, 3.8) is 0 Å². The van der Waals surface area contributed by atoms with Crippen LogP contribution in [0.3, 0.4) is 0 Å². The molecule has 0 saturated carbocycles. The summed E-state index contributed by atoms with van der Waals surface area (Å²) in [5.41, 5.74) is 0. The highest BCUT2D eigenvalue weighted by Crippen LogP contribution is 2.03. The van der Waals surface area contributed by atoms with Gasteiger partial charge in [0, 0.05) is 46.9 Å². The molecular formula is C12H26N2O3. The molecule has 0 aliphatic carbocycles. The Hall–Kier alpha value is -0.200. The van der Waals surface area contributed by atoms with E-state index in [0.29, 0.717) is 6.10 Å². The van der Waals surface area contributed by atoms with Crippen LogP contribution in [-0.4, -0.2) is 77.8 Å². The Balaban J connectivity index is 2.16. The lowest BCUT2D eigenvalue weighted by atomic mass is 10.2. The molecular weight excluding hydrogens is 220 g/mol. The monoisotopic (exact) mass is 246 g/mol. The molecule has 1 aliphatic heterocycles. The number of morpholine rings is 1. The standard InChI is InChI=1S/C12H26N2O3/c1-15-9-6-14(7-10-16-2)5-3-12-11-13-4-8-17-12/h12-13H,3-11H2,1-2H3. The van der Waals surface area contributed by atoms with Gasteiger partial charge in [0.2, 0.25) is 0 Å². The number of ether oxygens (including phenoxy) is 3. The highest BCUT2D eigenvalue weighted by Gasteiger charge is 2.14. The maximum Gasteiger partial charge on any atom is 0.0712 e. The molecule has 1 saturated heterocycles. The highest BCUT2D eigenvalue weighted by atomic mass is 16.5. The lowest BCUT2D eigenvalue weighted by Crippen LogP contribution is -2.41. The Morgan fingerprint density at radius 1 is 1.18 bits per heavy atom. The Morgan fingerprint density at radius 2 is 1.88 bits per heavy atom. The summed E-state index contributed by atoms with van der Waals surface area (Å²) < 4.78 is 15.9. The summed E-state index contributed by atoms with van der Waals surface area (Å²) in [4.78, 5) is 2.37. The third kappa shape index (κ3) is 6.95. The molecule has 0 aromatic rings. The van der Waals surface area contributed by atoms with Crippen LogP contribution in [0.5, 0.6) is 0 Å². The van der Waals surface area contributed by atoms with Crippen molar-refractivity contribution in [2.45, 2.75) is 12.5 Å². The molecule has 0 aromatic heterocycles. The van der Waals surface area contributed by atoms with Gasteiger partial charge in [0.15, 0.2) is 0 Å². The fourth-order valence-corrected chi connectivity index (χ4v) is 1.91. The molecule has 0 bridgehead atoms. The lowest BCUT2D eigenvalue weighted by molar-refractivity contribution is 0.0141. The van der Waals surface area contributed by atoms with Crippen LogP contribution in [0.1, 0.15) is 6.42 Å². The van der Waals surface area contributed by atoms with Crippen LogP contribution >= 0.6 is 0 Å². The van der Waals surface area contributed by atoms with Gasteiger partial charge in [-0.3, -0.25) is 4.90 Å². The normalized spacial score (nSPS) is 21.0. The SMILES string of the molecule is COCCN(CCOC)CCC1CNCCO1. The zero-order valence-electron chi connectivity index (χ0n) is 11.1. The summed E-state index contributed by atoms with van der Waals surface area (Å²) in [5, 5.41) is 3.35. The number of nitrogens with one attached hydrogen (secondary N) is 1. The summed E-state index contributed by atoms with van der Waals surface area (Å²) in [6, 6.07) is 0. The van der Waals surface area contributed by atoms with E-state index < -0.39 is 0 Å². The molecule has 0 amide bonds. The maximum absolute atomic E-state index is 5.69. The van der Waals surface area contributed by atoms with Crippen molar-refractivity contribution in [1.82, 2.24) is 10.2 Å². The van der Waals surface area contributed by atoms with Crippen molar-refractivity contribution in [2.24, 2.45) is 0 Å². The second-order valence-electron chi connectivity index (χ2n) is 4.31. The summed E-state index contributed by atoms with van der Waals surface area (Å²) in [6.45, 7) is 7.29. The minimum atomic E-state index is 0.358. The molecule has 1 fully saturated rings. The largest absolute Gasteiger partial charge is 0.383 e. The van der Waals surface area contributed by atoms with Crippen LogP contribution in [0.2, 0.25) is 0 Å². The highest BCUT2D eigenvalue weighted by molar-refractivity contribution is 4.69. The number of hydrogen-bond donors (Lipinski definition) is 1. The Kier molecular flexibility index (Phi) is 8.56. The van der Waals surface area contributed by atoms with Gasteiger partial charge in [-0.05, 0) is 6.42 Å². The van der Waals surface area contributed by atoms with E-state index in [1.54, 1.807) is 14.2 Å². The van der Waals surface area contributed by atoms with E-state index in [2.05, 4.69) is 10.2 Å². The van der Waals surface area contributed by atoms with Gasteiger partial charge in [-0.2, -0.15) is 0 Å². The molecule has 0 radical (unpaired) electrons. The van der Waals surface area contributed by atoms with Gasteiger partial charge >= 0.3 is 0 Å². The van der Waals surface area contributed by atoms with Gasteiger partial charge < -0.3 is 19.5 Å². The number of hydrogen-bond acceptors (Lipinski definition) is 5. The van der Waals surface area contributed by atoms with Crippen LogP contribution < -0.4 is 5.32 Å². The Labute approximate surface area is 104 Å². The molecule has 5 heteroatoms. The molecule has 1 unspecified atom stereocenters. The average Bonchev–Trinajstić information content (AvgIpc) is 2.39. The van der Waals surface area contributed by atoms with E-state index in [1.165, 1.54) is 0 Å². The molecule has 5 nitrogen and oxygen atoms in total. The first-order chi connectivity index (χ1) is 8.36. The van der Waals surface area contributed by atoms with Crippen LogP contribution in [0.25, 0.3) is 0 Å². The summed E-state index contributed by atoms with van der Waals surface area (Å²) >= 11 is 0. The van der Waals surface area contributed by atoms with Crippen molar-refractivity contribution in [3.05, 3.63) is 0 Å². The van der Waals surface area contributed by atoms with E-state index in [9.17, 15) is 0 Å². The molecule has 0 spiro atoms. The van der Waals surface area contributed by atoms with E-state index in [0.717, 1.165) is 59.0 Å². The predicted octanol–water partition coefficient (Wildman–Crippen LogP) is -0.0403. The molecule has 17 heavy (non-hydrogen) atoms. The fraction of sp³-hybridized carbons (Fsp3) is 1.00. The van der Waals surface area contributed by atoms with Crippen molar-refractivity contribution in [3.8, 4) is 0 Å². The Morgan fingerprint density at radius 3 is 2.41 bits per heavy atom. The topological polar surface area (TPSA) is 43.0 Å². The average molecular weight is 246 g/mol. The van der Waals surface area contributed by atoms with Crippen LogP contribution in [0.15, 0.2) is 0 Å². The van der Waals surface area contributed by atoms with Crippen molar-refractivity contribution in [1.29, 1.82) is 0 Å². The molecule has 1 atom stereocenters. The van der Waals surface area contributed by atoms with Crippen LogP contribution in [0, 0.1) is 0 Å². The number of nitrogens with zero attached hydrogens (tertiary/aromatic N) is 1. The van der Waals surface area contributed by atoms with Crippen LogP contribution in [0.4, 0.5) is 0 Å². The van der Waals surface area contributed by atoms with Crippen molar-refractivity contribution >= 4 is 0 Å². The fourth-order valence-electron chi connectivity index (χ4n) is 1.91. The van der Waals surface area contributed by atoms with Gasteiger partial charge in [-0.1, -0.05) is 0 Å². The molecule has 1 rings (SSSR count). The molecule has 1 heterocycles. The van der Waals surface area contributed by atoms with Gasteiger partial charge in [-0.15, -0.1) is 0 Å². The molecule has 1 aliphatic rings. The zero-order valence-corrected chi connectivity index (χ0v) is 11.1. The lowest BCUT2D eigenvalue weighted by Gasteiger charge is -2.27. The summed E-state index contributed by atoms with van der Waals surface area (Å²) in [5.74, 6) is 0. The van der Waals surface area contributed by atoms with Gasteiger partial charge in [0.05, 0.1) is 25.9 Å². The Bertz CT molecular complexity index is 167. The van der Waals surface area contributed by atoms with Crippen LogP contribution in [-0.2, 0) is 14.2 Å². The minimum absolute atomic E-state index is 0.358. The predicted molar refractivity (Wildman–Crippen MR) is 67.4 cm³/mol. The van der Waals surface area contributed by atoms with Gasteiger partial charge in [0.25, 0.3) is 0 Å². The molecule has 102 valence electrons. The molecule has 1 N–H and O–H groups in total. The van der Waals surface area contributed by atoms with Gasteiger partial charge in [0.1, 0.15) is 0 Å². The van der Waals surface area contributed by atoms with E-state index in [-0.39, 0.29) is 0 Å². The van der Waals surface area contributed by atoms with Crippen molar-refractivity contribution < 1.29 is 14.2 Å². The van der Waals surface area contributed by atoms with E-state index in [1.807, 2.05) is 0 Å². The van der Waals surface area contributed by atoms with E-state index in [4.69, 9.17) is 14.2 Å². The maximum atomic E-state index is 5.69. The second-order valence-corrected chi connectivity index (χ2v) is 4.31. The first-order valence-corrected chi connectivity index (χ1v) is 6.39. The molecule has 0 aromatic carbocycles. The minimum Gasteiger partial charge on any atom is -0.383 e. The first kappa shape index (κ1) is 14.9. The van der Waals surface area contributed by atoms with Crippen molar-refractivity contribution in [2.75, 3.05) is 66.8 Å². The summed E-state index contributed by atoms with van der Waals surface area (Å²) in [7, 11) is 3.48.